The second kappa shape index (κ2) is 7.02. The van der Waals surface area contributed by atoms with Gasteiger partial charge in [0.05, 0.1) is 10.8 Å². The molecule has 132 valence electrons. The molecule has 1 saturated heterocycles. The van der Waals surface area contributed by atoms with Crippen LogP contribution in [0.1, 0.15) is 18.4 Å². The van der Waals surface area contributed by atoms with Gasteiger partial charge in [-0.15, -0.1) is 0 Å². The van der Waals surface area contributed by atoms with Crippen molar-refractivity contribution in [1.82, 2.24) is 10.3 Å². The maximum Gasteiger partial charge on any atom is 0.405 e. The predicted molar refractivity (Wildman–Crippen MR) is 79.6 cm³/mol. The topological polar surface area (TPSA) is 88.4 Å². The average molecular weight is 346 g/mol. The third-order valence-corrected chi connectivity index (χ3v) is 3.80. The minimum Gasteiger partial charge on any atom is -0.356 e. The minimum absolute atomic E-state index is 0.132. The Kier molecular flexibility index (Phi) is 5.25. The Morgan fingerprint density at radius 1 is 1.54 bits per heavy atom. The Balaban J connectivity index is 2.05. The Morgan fingerprint density at radius 2 is 2.25 bits per heavy atom. The first-order valence-electron chi connectivity index (χ1n) is 7.38. The quantitative estimate of drug-likeness (QED) is 0.667. The molecule has 0 saturated carbocycles. The first kappa shape index (κ1) is 18.0. The Hall–Kier alpha value is -2.39. The number of piperidine rings is 1. The molecular weight excluding hydrogens is 329 g/mol. The van der Waals surface area contributed by atoms with Crippen LogP contribution in [0.25, 0.3) is 0 Å². The van der Waals surface area contributed by atoms with E-state index in [4.69, 9.17) is 0 Å². The number of aromatic nitrogens is 1. The lowest BCUT2D eigenvalue weighted by atomic mass is 9.96. The van der Waals surface area contributed by atoms with Gasteiger partial charge < -0.3 is 10.2 Å². The molecule has 1 fully saturated rings. The Bertz CT molecular complexity index is 636. The molecule has 1 aromatic rings. The highest BCUT2D eigenvalue weighted by Crippen LogP contribution is 2.26. The number of carbonyl (C=O) groups excluding carboxylic acids is 1. The summed E-state index contributed by atoms with van der Waals surface area (Å²) in [6.45, 7) is 1.14. The van der Waals surface area contributed by atoms with Crippen molar-refractivity contribution >= 4 is 17.4 Å². The number of nitrogens with zero attached hydrogens (tertiary/aromatic N) is 3. The van der Waals surface area contributed by atoms with Crippen LogP contribution >= 0.6 is 0 Å². The molecule has 1 aliphatic heterocycles. The number of carbonyl (C=O) groups is 1. The molecule has 1 atom stereocenters. The van der Waals surface area contributed by atoms with E-state index in [9.17, 15) is 28.1 Å². The van der Waals surface area contributed by atoms with Crippen LogP contribution in [0.5, 0.6) is 0 Å². The van der Waals surface area contributed by atoms with E-state index in [1.165, 1.54) is 6.07 Å². The summed E-state index contributed by atoms with van der Waals surface area (Å²) < 4.78 is 36.6. The van der Waals surface area contributed by atoms with Crippen molar-refractivity contribution in [1.29, 1.82) is 0 Å². The van der Waals surface area contributed by atoms with Crippen molar-refractivity contribution in [2.75, 3.05) is 24.5 Å². The predicted octanol–water partition coefficient (Wildman–Crippen LogP) is 2.19. The van der Waals surface area contributed by atoms with E-state index in [2.05, 4.69) is 4.98 Å². The fraction of sp³-hybridized carbons (Fsp3) is 0.571. The molecule has 0 radical (unpaired) electrons. The third kappa shape index (κ3) is 4.56. The van der Waals surface area contributed by atoms with Gasteiger partial charge in [-0.2, -0.15) is 13.2 Å². The Morgan fingerprint density at radius 3 is 2.83 bits per heavy atom. The summed E-state index contributed by atoms with van der Waals surface area (Å²) in [7, 11) is 0. The maximum absolute atomic E-state index is 12.2. The summed E-state index contributed by atoms with van der Waals surface area (Å²) >= 11 is 0. The van der Waals surface area contributed by atoms with Crippen LogP contribution in [0.4, 0.5) is 24.7 Å². The molecule has 1 unspecified atom stereocenters. The smallest absolute Gasteiger partial charge is 0.356 e. The number of nitrogens with one attached hydrogen (secondary N) is 1. The minimum atomic E-state index is -4.44. The molecule has 0 bridgehead atoms. The van der Waals surface area contributed by atoms with Crippen LogP contribution in [0.3, 0.4) is 0 Å². The molecule has 0 aliphatic carbocycles. The largest absolute Gasteiger partial charge is 0.405 e. The highest BCUT2D eigenvalue weighted by Gasteiger charge is 2.32. The van der Waals surface area contributed by atoms with Crippen LogP contribution in [0.15, 0.2) is 12.3 Å². The molecule has 24 heavy (non-hydrogen) atoms. The lowest BCUT2D eigenvalue weighted by Crippen LogP contribution is -2.45. The number of anilines is 1. The van der Waals surface area contributed by atoms with Gasteiger partial charge in [0.25, 0.3) is 5.69 Å². The molecule has 1 N–H and O–H groups in total. The van der Waals surface area contributed by atoms with Gasteiger partial charge in [0.1, 0.15) is 18.6 Å². The van der Waals surface area contributed by atoms with Crippen molar-refractivity contribution in [3.8, 4) is 0 Å². The van der Waals surface area contributed by atoms with Gasteiger partial charge in [0.15, 0.2) is 0 Å². The van der Waals surface area contributed by atoms with Crippen molar-refractivity contribution < 1.29 is 22.9 Å². The molecule has 1 aromatic heterocycles. The number of amides is 1. The molecule has 0 aromatic carbocycles. The number of halogens is 3. The zero-order valence-corrected chi connectivity index (χ0v) is 13.0. The van der Waals surface area contributed by atoms with E-state index in [0.717, 1.165) is 6.20 Å². The molecule has 1 amide bonds. The second-order valence-electron chi connectivity index (χ2n) is 5.71. The van der Waals surface area contributed by atoms with Gasteiger partial charge in [-0.05, 0) is 25.3 Å². The molecular formula is C14H17F3N4O3. The molecule has 1 aliphatic rings. The first-order valence-corrected chi connectivity index (χ1v) is 7.38. The lowest BCUT2D eigenvalue weighted by molar-refractivity contribution is -0.385. The van der Waals surface area contributed by atoms with Crippen LogP contribution in [0, 0.1) is 23.0 Å². The van der Waals surface area contributed by atoms with E-state index in [-0.39, 0.29) is 12.2 Å². The number of pyridine rings is 1. The van der Waals surface area contributed by atoms with Gasteiger partial charge in [-0.3, -0.25) is 14.9 Å². The van der Waals surface area contributed by atoms with Crippen LogP contribution in [-0.4, -0.2) is 41.6 Å². The van der Waals surface area contributed by atoms with Gasteiger partial charge in [-0.1, -0.05) is 0 Å². The average Bonchev–Trinajstić information content (AvgIpc) is 2.51. The van der Waals surface area contributed by atoms with Gasteiger partial charge in [-0.25, -0.2) is 4.98 Å². The molecule has 0 spiro atoms. The summed E-state index contributed by atoms with van der Waals surface area (Å²) in [5.74, 6) is -0.706. The van der Waals surface area contributed by atoms with Crippen molar-refractivity contribution in [3.63, 3.8) is 0 Å². The zero-order chi connectivity index (χ0) is 17.9. The fourth-order valence-corrected chi connectivity index (χ4v) is 2.70. The number of hydrogen-bond acceptors (Lipinski definition) is 5. The summed E-state index contributed by atoms with van der Waals surface area (Å²) in [4.78, 5) is 27.9. The van der Waals surface area contributed by atoms with E-state index in [0.29, 0.717) is 30.8 Å². The second-order valence-corrected chi connectivity index (χ2v) is 5.71. The van der Waals surface area contributed by atoms with Crippen LogP contribution < -0.4 is 10.2 Å². The fourth-order valence-electron chi connectivity index (χ4n) is 2.70. The molecule has 2 rings (SSSR count). The highest BCUT2D eigenvalue weighted by atomic mass is 19.4. The molecule has 7 nitrogen and oxygen atoms in total. The van der Waals surface area contributed by atoms with E-state index >= 15 is 0 Å². The summed E-state index contributed by atoms with van der Waals surface area (Å²) in [6.07, 6.45) is -2.19. The summed E-state index contributed by atoms with van der Waals surface area (Å²) in [6, 6.07) is 1.38. The monoisotopic (exact) mass is 346 g/mol. The normalized spacial score (nSPS) is 18.3. The molecule has 2 heterocycles. The maximum atomic E-state index is 12.2. The highest BCUT2D eigenvalue weighted by molar-refractivity contribution is 5.79. The lowest BCUT2D eigenvalue weighted by Gasteiger charge is -2.33. The number of hydrogen-bond donors (Lipinski definition) is 1. The standard InChI is InChI=1S/C14H17F3N4O3/c1-9-5-11(21(23)24)6-18-12(9)20-4-2-3-10(7-20)13(22)19-8-14(15,16)17/h5-6,10H,2-4,7-8H2,1H3,(H,19,22). The van der Waals surface area contributed by atoms with E-state index in [1.807, 2.05) is 5.32 Å². The van der Waals surface area contributed by atoms with Crippen molar-refractivity contribution in [2.24, 2.45) is 5.92 Å². The first-order chi connectivity index (χ1) is 11.2. The summed E-state index contributed by atoms with van der Waals surface area (Å²) in [5, 5.41) is 12.6. The molecule has 10 heteroatoms. The van der Waals surface area contributed by atoms with Crippen LogP contribution in [0.2, 0.25) is 0 Å². The zero-order valence-electron chi connectivity index (χ0n) is 13.0. The van der Waals surface area contributed by atoms with Gasteiger partial charge in [0.2, 0.25) is 5.91 Å². The van der Waals surface area contributed by atoms with Gasteiger partial charge >= 0.3 is 6.18 Å². The number of aryl methyl sites for hydroxylation is 1. The van der Waals surface area contributed by atoms with E-state index < -0.39 is 29.5 Å². The number of nitro groups is 1. The number of rotatable bonds is 4. The van der Waals surface area contributed by atoms with Crippen molar-refractivity contribution in [3.05, 3.63) is 27.9 Å². The SMILES string of the molecule is Cc1cc([N+](=O)[O-])cnc1N1CCCC(C(=O)NCC(F)(F)F)C1. The van der Waals surface area contributed by atoms with Gasteiger partial charge in [0, 0.05) is 19.2 Å². The van der Waals surface area contributed by atoms with Crippen LogP contribution in [-0.2, 0) is 4.79 Å². The summed E-state index contributed by atoms with van der Waals surface area (Å²) in [5.41, 5.74) is 0.452. The third-order valence-electron chi connectivity index (χ3n) is 3.80. The number of alkyl halides is 3. The van der Waals surface area contributed by atoms with E-state index in [1.54, 1.807) is 11.8 Å². The van der Waals surface area contributed by atoms with Crippen molar-refractivity contribution in [2.45, 2.75) is 25.9 Å². The Labute approximate surface area is 136 Å².